The molecule has 0 radical (unpaired) electrons. The van der Waals surface area contributed by atoms with E-state index in [2.05, 4.69) is 21.4 Å². The summed E-state index contributed by atoms with van der Waals surface area (Å²) in [5.41, 5.74) is 9.23. The molecule has 1 aromatic carbocycles. The Morgan fingerprint density at radius 1 is 1.19 bits per heavy atom. The molecule has 3 rings (SSSR count). The lowest BCUT2D eigenvalue weighted by Crippen LogP contribution is -2.33. The Bertz CT molecular complexity index is 760. The van der Waals surface area contributed by atoms with Crippen LogP contribution in [0.25, 0.3) is 0 Å². The van der Waals surface area contributed by atoms with Crippen LogP contribution in [-0.4, -0.2) is 34.8 Å². The van der Waals surface area contributed by atoms with E-state index in [1.54, 1.807) is 6.20 Å². The number of likely N-dealkylation sites (tertiary alicyclic amines) is 1. The fourth-order valence-corrected chi connectivity index (χ4v) is 3.03. The number of hydrogen-bond acceptors (Lipinski definition) is 3. The summed E-state index contributed by atoms with van der Waals surface area (Å²) in [6.07, 6.45) is 4.19. The second-order valence-corrected chi connectivity index (χ2v) is 6.39. The zero-order valence-corrected chi connectivity index (χ0v) is 14.9. The number of aliphatic imine (C=N–C) groups is 1. The van der Waals surface area contributed by atoms with Gasteiger partial charge in [-0.25, -0.2) is 4.99 Å². The van der Waals surface area contributed by atoms with Crippen LogP contribution < -0.4 is 11.1 Å². The molecule has 1 fully saturated rings. The fourth-order valence-electron chi connectivity index (χ4n) is 3.03. The van der Waals surface area contributed by atoms with Crippen LogP contribution in [0.15, 0.2) is 53.7 Å². The van der Waals surface area contributed by atoms with Gasteiger partial charge in [-0.1, -0.05) is 30.3 Å². The Hall–Kier alpha value is -2.89. The number of nitrogens with zero attached hydrogens (tertiary/aromatic N) is 3. The van der Waals surface area contributed by atoms with E-state index in [1.165, 1.54) is 0 Å². The average molecular weight is 351 g/mol. The number of carbonyl (C=O) groups excluding carboxylic acids is 1. The van der Waals surface area contributed by atoms with E-state index in [-0.39, 0.29) is 5.91 Å². The number of carbonyl (C=O) groups is 1. The van der Waals surface area contributed by atoms with Crippen molar-refractivity contribution in [1.82, 2.24) is 15.2 Å². The predicted octanol–water partition coefficient (Wildman–Crippen LogP) is 1.85. The molecule has 6 nitrogen and oxygen atoms in total. The van der Waals surface area contributed by atoms with Crippen LogP contribution in [-0.2, 0) is 24.3 Å². The van der Waals surface area contributed by atoms with Gasteiger partial charge in [-0.05, 0) is 29.7 Å². The van der Waals surface area contributed by atoms with Gasteiger partial charge in [-0.15, -0.1) is 0 Å². The maximum absolute atomic E-state index is 11.9. The van der Waals surface area contributed by atoms with Gasteiger partial charge in [0.1, 0.15) is 0 Å². The minimum absolute atomic E-state index is 0.235. The molecule has 0 bridgehead atoms. The lowest BCUT2D eigenvalue weighted by molar-refractivity contribution is -0.128. The highest BCUT2D eigenvalue weighted by Crippen LogP contribution is 2.17. The Kier molecular flexibility index (Phi) is 6.19. The number of rotatable bonds is 7. The Morgan fingerprint density at radius 2 is 2.00 bits per heavy atom. The highest BCUT2D eigenvalue weighted by atomic mass is 16.2. The molecular weight excluding hydrogens is 326 g/mol. The summed E-state index contributed by atoms with van der Waals surface area (Å²) in [6, 6.07) is 14.0. The van der Waals surface area contributed by atoms with E-state index in [4.69, 9.17) is 5.73 Å². The monoisotopic (exact) mass is 351 g/mol. The van der Waals surface area contributed by atoms with Crippen molar-refractivity contribution in [2.45, 2.75) is 32.4 Å². The van der Waals surface area contributed by atoms with Crippen LogP contribution >= 0.6 is 0 Å². The van der Waals surface area contributed by atoms with Gasteiger partial charge in [-0.2, -0.15) is 0 Å². The maximum atomic E-state index is 11.9. The average Bonchev–Trinajstić information content (AvgIpc) is 3.06. The van der Waals surface area contributed by atoms with Gasteiger partial charge >= 0.3 is 0 Å². The van der Waals surface area contributed by atoms with Crippen LogP contribution in [0.5, 0.6) is 0 Å². The van der Waals surface area contributed by atoms with Crippen molar-refractivity contribution < 1.29 is 4.79 Å². The molecule has 0 unspecified atom stereocenters. The van der Waals surface area contributed by atoms with Crippen LogP contribution in [0.4, 0.5) is 0 Å². The van der Waals surface area contributed by atoms with Crippen LogP contribution in [0.1, 0.15) is 29.7 Å². The summed E-state index contributed by atoms with van der Waals surface area (Å²) < 4.78 is 0. The van der Waals surface area contributed by atoms with E-state index in [0.717, 1.165) is 36.2 Å². The first-order valence-corrected chi connectivity index (χ1v) is 9.00. The zero-order valence-electron chi connectivity index (χ0n) is 14.9. The number of hydrogen-bond donors (Lipinski definition) is 2. The van der Waals surface area contributed by atoms with Crippen LogP contribution in [0, 0.1) is 0 Å². The van der Waals surface area contributed by atoms with Crippen molar-refractivity contribution in [2.24, 2.45) is 10.7 Å². The molecule has 2 heterocycles. The van der Waals surface area contributed by atoms with Crippen molar-refractivity contribution >= 4 is 11.9 Å². The Labute approximate surface area is 154 Å². The number of nitrogens with two attached hydrogens (primary N) is 1. The number of amides is 1. The number of benzene rings is 1. The maximum Gasteiger partial charge on any atom is 0.222 e. The minimum Gasteiger partial charge on any atom is -0.370 e. The second-order valence-electron chi connectivity index (χ2n) is 6.39. The SMILES string of the molecule is NC(=NCc1ccccc1CN1CCCC1=O)NCCc1ccccn1. The molecule has 26 heavy (non-hydrogen) atoms. The third-order valence-corrected chi connectivity index (χ3v) is 4.48. The summed E-state index contributed by atoms with van der Waals surface area (Å²) in [7, 11) is 0. The summed E-state index contributed by atoms with van der Waals surface area (Å²) in [4.78, 5) is 22.5. The highest BCUT2D eigenvalue weighted by Gasteiger charge is 2.20. The first-order chi connectivity index (χ1) is 12.7. The van der Waals surface area contributed by atoms with E-state index in [0.29, 0.717) is 32.0 Å². The molecule has 1 saturated heterocycles. The summed E-state index contributed by atoms with van der Waals surface area (Å²) in [6.45, 7) is 2.68. The third-order valence-electron chi connectivity index (χ3n) is 4.48. The predicted molar refractivity (Wildman–Crippen MR) is 102 cm³/mol. The van der Waals surface area contributed by atoms with E-state index < -0.39 is 0 Å². The van der Waals surface area contributed by atoms with Gasteiger partial charge in [0.2, 0.25) is 5.91 Å². The van der Waals surface area contributed by atoms with Crippen molar-refractivity contribution in [1.29, 1.82) is 0 Å². The van der Waals surface area contributed by atoms with Gasteiger partial charge in [0.25, 0.3) is 0 Å². The quantitative estimate of drug-likeness (QED) is 0.589. The van der Waals surface area contributed by atoms with E-state index in [1.807, 2.05) is 41.3 Å². The first-order valence-electron chi connectivity index (χ1n) is 9.00. The van der Waals surface area contributed by atoms with Gasteiger partial charge in [0, 0.05) is 44.4 Å². The topological polar surface area (TPSA) is 83.6 Å². The Morgan fingerprint density at radius 3 is 2.73 bits per heavy atom. The summed E-state index contributed by atoms with van der Waals surface area (Å²) in [5, 5.41) is 3.12. The lowest BCUT2D eigenvalue weighted by atomic mass is 10.1. The summed E-state index contributed by atoms with van der Waals surface area (Å²) in [5.74, 6) is 0.659. The number of pyridine rings is 1. The molecule has 0 spiro atoms. The normalized spacial score (nSPS) is 14.7. The molecule has 2 aromatic rings. The molecule has 136 valence electrons. The van der Waals surface area contributed by atoms with Crippen LogP contribution in [0.2, 0.25) is 0 Å². The molecule has 0 saturated carbocycles. The molecule has 1 amide bonds. The molecule has 1 aliphatic rings. The van der Waals surface area contributed by atoms with E-state index in [9.17, 15) is 4.79 Å². The molecule has 0 atom stereocenters. The van der Waals surface area contributed by atoms with Crippen molar-refractivity contribution in [3.05, 3.63) is 65.5 Å². The lowest BCUT2D eigenvalue weighted by Gasteiger charge is -2.17. The number of guanidine groups is 1. The molecular formula is C20H25N5O. The van der Waals surface area contributed by atoms with Gasteiger partial charge in [0.15, 0.2) is 5.96 Å². The summed E-state index contributed by atoms with van der Waals surface area (Å²) >= 11 is 0. The number of nitrogens with one attached hydrogen (secondary N) is 1. The standard InChI is InChI=1S/C20H25N5O/c21-20(23-12-10-18-8-3-4-11-22-18)24-14-16-6-1-2-7-17(16)15-25-13-5-9-19(25)26/h1-4,6-8,11H,5,9-10,12-15H2,(H3,21,23,24). The molecule has 3 N–H and O–H groups in total. The Balaban J connectivity index is 1.53. The fraction of sp³-hybridized carbons (Fsp3) is 0.350. The molecule has 0 aliphatic carbocycles. The van der Waals surface area contributed by atoms with E-state index >= 15 is 0 Å². The molecule has 1 aliphatic heterocycles. The van der Waals surface area contributed by atoms with Crippen molar-refractivity contribution in [3.8, 4) is 0 Å². The molecule has 1 aromatic heterocycles. The van der Waals surface area contributed by atoms with Gasteiger partial charge in [-0.3, -0.25) is 9.78 Å². The molecule has 6 heteroatoms. The third kappa shape index (κ3) is 5.05. The van der Waals surface area contributed by atoms with Crippen molar-refractivity contribution in [3.63, 3.8) is 0 Å². The van der Waals surface area contributed by atoms with Crippen LogP contribution in [0.3, 0.4) is 0 Å². The smallest absolute Gasteiger partial charge is 0.222 e. The van der Waals surface area contributed by atoms with Crippen molar-refractivity contribution in [2.75, 3.05) is 13.1 Å². The first kappa shape index (κ1) is 17.9. The van der Waals surface area contributed by atoms with Gasteiger partial charge in [0.05, 0.1) is 6.54 Å². The van der Waals surface area contributed by atoms with Gasteiger partial charge < -0.3 is 16.0 Å². The second kappa shape index (κ2) is 8.99. The minimum atomic E-state index is 0.235. The zero-order chi connectivity index (χ0) is 18.2. The largest absolute Gasteiger partial charge is 0.370 e. The number of aromatic nitrogens is 1. The highest BCUT2D eigenvalue weighted by molar-refractivity contribution is 5.78.